The second-order valence-electron chi connectivity index (χ2n) is 12.0. The van der Waals surface area contributed by atoms with Gasteiger partial charge in [0.25, 0.3) is 0 Å². The van der Waals surface area contributed by atoms with E-state index in [1.807, 2.05) is 36.4 Å². The van der Waals surface area contributed by atoms with Gasteiger partial charge in [0.05, 0.1) is 11.4 Å². The van der Waals surface area contributed by atoms with Crippen LogP contribution in [0.25, 0.3) is 0 Å². The maximum absolute atomic E-state index is 10.9. The Labute approximate surface area is 290 Å². The predicted molar refractivity (Wildman–Crippen MR) is 184 cm³/mol. The molecule has 0 spiro atoms. The molecule has 0 saturated carbocycles. The molecule has 0 bridgehead atoms. The average Bonchev–Trinajstić information content (AvgIpc) is 2.98. The molecule has 0 saturated heterocycles. The summed E-state index contributed by atoms with van der Waals surface area (Å²) in [5.74, 6) is -0.274. The number of phenols is 2. The molecule has 8 nitrogen and oxygen atoms in total. The zero-order valence-electron chi connectivity index (χ0n) is 29.3. The van der Waals surface area contributed by atoms with Crippen molar-refractivity contribution < 1.29 is 46.8 Å². The van der Waals surface area contributed by atoms with Gasteiger partial charge in [-0.05, 0) is 109 Å². The smallest absolute Gasteiger partial charge is 0.550 e. The quantitative estimate of drug-likeness (QED) is 0.213. The Kier molecular flexibility index (Phi) is 19.3. The molecule has 0 aliphatic heterocycles. The first-order valence-corrected chi connectivity index (χ1v) is 15.8. The fraction of sp³-hybridized carbons (Fsp3) is 0.421. The van der Waals surface area contributed by atoms with Crippen molar-refractivity contribution in [2.75, 3.05) is 0 Å². The number of carboxylic acid groups (broad SMARTS) is 2. The van der Waals surface area contributed by atoms with Crippen LogP contribution in [-0.4, -0.2) is 34.6 Å². The fourth-order valence-corrected chi connectivity index (χ4v) is 4.44. The number of hydrogen-bond donors (Lipinski definition) is 2. The summed E-state index contributed by atoms with van der Waals surface area (Å²) in [5.41, 5.74) is 7.41. The van der Waals surface area contributed by atoms with E-state index in [0.29, 0.717) is 23.3 Å². The number of carboxylic acids is 2. The van der Waals surface area contributed by atoms with Crippen molar-refractivity contribution in [3.63, 3.8) is 0 Å². The third kappa shape index (κ3) is 14.6. The second-order valence-corrected chi connectivity index (χ2v) is 12.0. The summed E-state index contributed by atoms with van der Waals surface area (Å²) in [6.07, 6.45) is 5.58. The molecule has 2 N–H and O–H groups in total. The van der Waals surface area contributed by atoms with Crippen LogP contribution in [0.1, 0.15) is 139 Å². The van der Waals surface area contributed by atoms with Gasteiger partial charge in [0.15, 0.2) is 0 Å². The van der Waals surface area contributed by atoms with Crippen LogP contribution in [0.15, 0.2) is 58.5 Å². The van der Waals surface area contributed by atoms with E-state index in [1.54, 1.807) is 12.4 Å². The largest absolute Gasteiger partial charge is 2.00 e. The van der Waals surface area contributed by atoms with Gasteiger partial charge in [-0.25, -0.2) is 0 Å². The van der Waals surface area contributed by atoms with Gasteiger partial charge in [-0.3, -0.25) is 9.98 Å². The van der Waals surface area contributed by atoms with Crippen LogP contribution in [-0.2, 0) is 26.4 Å². The van der Waals surface area contributed by atoms with Crippen LogP contribution in [0, 0.1) is 0 Å². The molecule has 0 amide bonds. The van der Waals surface area contributed by atoms with Crippen LogP contribution < -0.4 is 10.2 Å². The normalized spacial score (nSPS) is 12.2. The number of phenolic OH excluding ortho intramolecular Hbond substituents is 2. The third-order valence-corrected chi connectivity index (χ3v) is 7.54. The van der Waals surface area contributed by atoms with Crippen LogP contribution in [0.4, 0.5) is 11.4 Å². The van der Waals surface area contributed by atoms with E-state index in [9.17, 15) is 10.2 Å². The molecule has 3 rings (SSSR count). The molecule has 0 heterocycles. The number of carbonyl (C=O) groups is 2. The maximum atomic E-state index is 10.9. The topological polar surface area (TPSA) is 145 Å². The van der Waals surface area contributed by atoms with Crippen molar-refractivity contribution in [2.24, 2.45) is 9.98 Å². The molecule has 0 fully saturated rings. The zero-order chi connectivity index (χ0) is 35.1. The number of aromatic hydroxyl groups is 2. The van der Waals surface area contributed by atoms with E-state index < -0.39 is 11.9 Å². The van der Waals surface area contributed by atoms with Gasteiger partial charge in [-0.15, -0.1) is 0 Å². The number of benzene rings is 3. The second kappa shape index (κ2) is 21.0. The average molecular weight is 690 g/mol. The summed E-state index contributed by atoms with van der Waals surface area (Å²) in [6.45, 7) is 19.1. The summed E-state index contributed by atoms with van der Waals surface area (Å²) < 4.78 is 0. The van der Waals surface area contributed by atoms with Crippen molar-refractivity contribution >= 4 is 35.7 Å². The van der Waals surface area contributed by atoms with Gasteiger partial charge in [0.1, 0.15) is 11.5 Å². The van der Waals surface area contributed by atoms with Crippen molar-refractivity contribution in [1.82, 2.24) is 0 Å². The molecular formula is C38H50CoN2O6. The molecule has 0 aliphatic carbocycles. The molecule has 3 aromatic carbocycles. The van der Waals surface area contributed by atoms with Gasteiger partial charge in [0.2, 0.25) is 0 Å². The Hall–Kier alpha value is -3.95. The van der Waals surface area contributed by atoms with Gasteiger partial charge in [-0.2, -0.15) is 0 Å². The Morgan fingerprint density at radius 2 is 0.936 bits per heavy atom. The molecule has 0 aliphatic rings. The van der Waals surface area contributed by atoms with E-state index in [0.717, 1.165) is 60.3 Å². The molecule has 2 atom stereocenters. The van der Waals surface area contributed by atoms with E-state index >= 15 is 0 Å². The summed E-state index contributed by atoms with van der Waals surface area (Å²) >= 11 is 0. The van der Waals surface area contributed by atoms with E-state index in [1.165, 1.54) is 11.1 Å². The van der Waals surface area contributed by atoms with E-state index in [4.69, 9.17) is 19.8 Å². The van der Waals surface area contributed by atoms with Gasteiger partial charge in [-0.1, -0.05) is 67.5 Å². The molecule has 2 unspecified atom stereocenters. The first-order valence-electron chi connectivity index (χ1n) is 15.8. The number of carbonyl (C=O) groups excluding carboxylic acids is 2. The van der Waals surface area contributed by atoms with Crippen molar-refractivity contribution in [2.45, 2.75) is 106 Å². The first kappa shape index (κ1) is 43.0. The van der Waals surface area contributed by atoms with Crippen LogP contribution in [0.3, 0.4) is 0 Å². The number of nitrogens with zero attached hydrogens (tertiary/aromatic N) is 2. The van der Waals surface area contributed by atoms with Crippen molar-refractivity contribution in [1.29, 1.82) is 0 Å². The molecular weight excluding hydrogens is 639 g/mol. The monoisotopic (exact) mass is 689 g/mol. The van der Waals surface area contributed by atoms with Crippen LogP contribution in [0.2, 0.25) is 0 Å². The number of rotatable bonds is 10. The minimum Gasteiger partial charge on any atom is -0.550 e. The predicted octanol–water partition coefficient (Wildman–Crippen LogP) is 7.38. The maximum Gasteiger partial charge on any atom is 2.00 e. The third-order valence-electron chi connectivity index (χ3n) is 7.54. The van der Waals surface area contributed by atoms with Crippen LogP contribution >= 0.6 is 0 Å². The first-order chi connectivity index (χ1) is 21.5. The summed E-state index contributed by atoms with van der Waals surface area (Å²) in [4.78, 5) is 27.0. The SMILES string of the molecule is CC(=O)[O-].CC(=O)[O-].CCC(C)c1cc(C=Nc2ccc(N=Cc3cc(C(C)CC)cc(C(C)C)c3O)cc2)c(O)c(C(C)C)c1.[Co+2]. The molecule has 0 aromatic heterocycles. The Balaban J connectivity index is 0.00000211. The zero-order valence-corrected chi connectivity index (χ0v) is 30.3. The molecule has 47 heavy (non-hydrogen) atoms. The van der Waals surface area contributed by atoms with Gasteiger partial charge < -0.3 is 30.0 Å². The van der Waals surface area contributed by atoms with Gasteiger partial charge >= 0.3 is 16.8 Å². The minimum atomic E-state index is -1.08. The summed E-state index contributed by atoms with van der Waals surface area (Å²) in [7, 11) is 0. The van der Waals surface area contributed by atoms with E-state index in [-0.39, 0.29) is 28.6 Å². The summed E-state index contributed by atoms with van der Waals surface area (Å²) in [5, 5.41) is 39.5. The molecule has 1 radical (unpaired) electrons. The molecule has 9 heteroatoms. The summed E-state index contributed by atoms with van der Waals surface area (Å²) in [6, 6.07) is 16.0. The Morgan fingerprint density at radius 1 is 0.660 bits per heavy atom. The molecule has 3 aromatic rings. The standard InChI is InChI=1S/C34H44N2O2.2C2H4O2.Co/c1-9-23(7)25-15-27(33(37)31(17-25)21(3)4)19-35-29-11-13-30(14-12-29)36-20-28-16-26(24(8)10-2)18-32(22(5)6)34(28)38;2*1-2(3)4;/h11-24,37-38H,9-10H2,1-8H3;2*1H3,(H,3,4);/q;;;+2/p-2. The number of hydrogen-bond acceptors (Lipinski definition) is 8. The Bertz CT molecular complexity index is 1380. The number of aliphatic imine (C=N–C) groups is 2. The Morgan fingerprint density at radius 3 is 1.17 bits per heavy atom. The van der Waals surface area contributed by atoms with E-state index in [2.05, 4.69) is 77.5 Å². The van der Waals surface area contributed by atoms with Gasteiger partial charge in [0, 0.05) is 35.5 Å². The molecule has 257 valence electrons. The fourth-order valence-electron chi connectivity index (χ4n) is 4.44. The van der Waals surface area contributed by atoms with Crippen LogP contribution in [0.5, 0.6) is 11.5 Å². The van der Waals surface area contributed by atoms with Crippen molar-refractivity contribution in [3.05, 3.63) is 81.9 Å². The van der Waals surface area contributed by atoms with Crippen molar-refractivity contribution in [3.8, 4) is 11.5 Å². The number of aliphatic carboxylic acids is 2. The minimum absolute atomic E-state index is 0.